The minimum Gasteiger partial charge on any atom is -0.377 e. The fourth-order valence-electron chi connectivity index (χ4n) is 3.05. The van der Waals surface area contributed by atoms with Crippen LogP contribution in [-0.2, 0) is 9.53 Å². The van der Waals surface area contributed by atoms with Gasteiger partial charge in [-0.05, 0) is 44.2 Å². The van der Waals surface area contributed by atoms with Crippen LogP contribution in [-0.4, -0.2) is 79.2 Å². The van der Waals surface area contributed by atoms with Crippen molar-refractivity contribution in [3.8, 4) is 0 Å². The Morgan fingerprint density at radius 1 is 1.33 bits per heavy atom. The van der Waals surface area contributed by atoms with Crippen molar-refractivity contribution >= 4 is 17.7 Å². The summed E-state index contributed by atoms with van der Waals surface area (Å²) in [4.78, 5) is 16.8. The van der Waals surface area contributed by atoms with E-state index in [0.29, 0.717) is 6.10 Å². The third-order valence-corrected chi connectivity index (χ3v) is 4.98. The molecular weight excluding hydrogens is 286 g/mol. The number of hydrogen-bond acceptors (Lipinski definition) is 5. The number of carbonyl (C=O) groups is 1. The molecule has 2 fully saturated rings. The van der Waals surface area contributed by atoms with Gasteiger partial charge in [0.05, 0.1) is 12.1 Å². The van der Waals surface area contributed by atoms with Crippen LogP contribution < -0.4 is 5.73 Å². The van der Waals surface area contributed by atoms with Crippen molar-refractivity contribution in [1.29, 1.82) is 0 Å². The van der Waals surface area contributed by atoms with Crippen molar-refractivity contribution in [2.24, 2.45) is 5.73 Å². The zero-order valence-corrected chi connectivity index (χ0v) is 13.9. The third kappa shape index (κ3) is 5.43. The van der Waals surface area contributed by atoms with Crippen molar-refractivity contribution < 1.29 is 9.53 Å². The lowest BCUT2D eigenvalue weighted by molar-refractivity contribution is -0.132. The maximum absolute atomic E-state index is 12.4. The van der Waals surface area contributed by atoms with E-state index in [-0.39, 0.29) is 11.9 Å². The highest BCUT2D eigenvalue weighted by Gasteiger charge is 2.25. The van der Waals surface area contributed by atoms with Gasteiger partial charge in [0.25, 0.3) is 0 Å². The van der Waals surface area contributed by atoms with E-state index in [9.17, 15) is 4.79 Å². The first-order valence-corrected chi connectivity index (χ1v) is 9.47. The van der Waals surface area contributed by atoms with E-state index in [2.05, 4.69) is 4.90 Å². The number of carbonyl (C=O) groups excluding carboxylic acids is 1. The molecular formula is C15H29N3O2S. The van der Waals surface area contributed by atoms with Gasteiger partial charge in [-0.2, -0.15) is 11.8 Å². The SMILES string of the molecule is CSCC[C@H](N)C(=O)N1CCCN(CC2CCCO2)CC1. The minimum absolute atomic E-state index is 0.128. The summed E-state index contributed by atoms with van der Waals surface area (Å²) in [5, 5.41) is 0. The first-order chi connectivity index (χ1) is 10.2. The fraction of sp³-hybridized carbons (Fsp3) is 0.933. The lowest BCUT2D eigenvalue weighted by Gasteiger charge is -2.25. The molecule has 1 unspecified atom stereocenters. The van der Waals surface area contributed by atoms with Crippen molar-refractivity contribution in [1.82, 2.24) is 9.80 Å². The van der Waals surface area contributed by atoms with Crippen LogP contribution in [0.15, 0.2) is 0 Å². The van der Waals surface area contributed by atoms with E-state index in [1.54, 1.807) is 11.8 Å². The molecule has 1 amide bonds. The van der Waals surface area contributed by atoms with Gasteiger partial charge in [0.15, 0.2) is 0 Å². The molecule has 6 heteroatoms. The second kappa shape index (κ2) is 8.98. The molecule has 2 N–H and O–H groups in total. The first-order valence-electron chi connectivity index (χ1n) is 8.08. The second-order valence-corrected chi connectivity index (χ2v) is 6.99. The standard InChI is InChI=1S/C15H29N3O2S/c1-21-11-5-14(16)15(19)18-7-3-6-17(8-9-18)12-13-4-2-10-20-13/h13-14H,2-12,16H2,1H3/t13?,14-/m0/s1. The Labute approximate surface area is 132 Å². The van der Waals surface area contributed by atoms with Crippen LogP contribution in [0.5, 0.6) is 0 Å². The lowest BCUT2D eigenvalue weighted by Crippen LogP contribution is -2.45. The van der Waals surface area contributed by atoms with E-state index in [1.807, 2.05) is 11.2 Å². The number of rotatable bonds is 6. The van der Waals surface area contributed by atoms with Gasteiger partial charge in [0.1, 0.15) is 0 Å². The summed E-state index contributed by atoms with van der Waals surface area (Å²) in [6.07, 6.45) is 6.62. The summed E-state index contributed by atoms with van der Waals surface area (Å²) >= 11 is 1.74. The fourth-order valence-corrected chi connectivity index (χ4v) is 3.54. The normalized spacial score (nSPS) is 25.8. The average molecular weight is 315 g/mol. The molecule has 122 valence electrons. The molecule has 0 aromatic rings. The largest absolute Gasteiger partial charge is 0.377 e. The summed E-state index contributed by atoms with van der Waals surface area (Å²) in [6, 6.07) is -0.331. The molecule has 2 rings (SSSR count). The summed E-state index contributed by atoms with van der Waals surface area (Å²) < 4.78 is 5.71. The molecule has 0 aromatic heterocycles. The number of nitrogens with zero attached hydrogens (tertiary/aromatic N) is 2. The summed E-state index contributed by atoms with van der Waals surface area (Å²) in [7, 11) is 0. The highest BCUT2D eigenvalue weighted by atomic mass is 32.2. The van der Waals surface area contributed by atoms with Gasteiger partial charge >= 0.3 is 0 Å². The quantitative estimate of drug-likeness (QED) is 0.785. The first kappa shape index (κ1) is 17.1. The van der Waals surface area contributed by atoms with E-state index < -0.39 is 0 Å². The molecule has 0 aliphatic carbocycles. The smallest absolute Gasteiger partial charge is 0.239 e. The van der Waals surface area contributed by atoms with E-state index in [4.69, 9.17) is 10.5 Å². The predicted molar refractivity (Wildman–Crippen MR) is 87.6 cm³/mol. The van der Waals surface area contributed by atoms with Crippen molar-refractivity contribution in [3.63, 3.8) is 0 Å². The van der Waals surface area contributed by atoms with Crippen LogP contribution in [0.1, 0.15) is 25.7 Å². The van der Waals surface area contributed by atoms with Gasteiger partial charge in [-0.25, -0.2) is 0 Å². The van der Waals surface area contributed by atoms with Gasteiger partial charge in [-0.3, -0.25) is 9.69 Å². The number of nitrogens with two attached hydrogens (primary N) is 1. The Morgan fingerprint density at radius 2 is 2.19 bits per heavy atom. The Balaban J connectivity index is 1.75. The number of hydrogen-bond donors (Lipinski definition) is 1. The molecule has 0 radical (unpaired) electrons. The number of thioether (sulfide) groups is 1. The summed E-state index contributed by atoms with van der Waals surface area (Å²) in [5.41, 5.74) is 6.01. The molecule has 0 aromatic carbocycles. The van der Waals surface area contributed by atoms with Gasteiger partial charge in [0.2, 0.25) is 5.91 Å². The van der Waals surface area contributed by atoms with Crippen molar-refractivity contribution in [3.05, 3.63) is 0 Å². The van der Waals surface area contributed by atoms with Gasteiger partial charge in [0, 0.05) is 32.8 Å². The topological polar surface area (TPSA) is 58.8 Å². The van der Waals surface area contributed by atoms with Crippen molar-refractivity contribution in [2.75, 3.05) is 51.3 Å². The number of amides is 1. The average Bonchev–Trinajstić information content (AvgIpc) is 2.89. The molecule has 2 heterocycles. The van der Waals surface area contributed by atoms with Crippen LogP contribution >= 0.6 is 11.8 Å². The van der Waals surface area contributed by atoms with Crippen LogP contribution in [0.3, 0.4) is 0 Å². The summed E-state index contributed by atoms with van der Waals surface area (Å²) in [5.74, 6) is 1.08. The molecule has 5 nitrogen and oxygen atoms in total. The Kier molecular flexibility index (Phi) is 7.29. The maximum atomic E-state index is 12.4. The van der Waals surface area contributed by atoms with Gasteiger partial charge in [-0.1, -0.05) is 0 Å². The minimum atomic E-state index is -0.331. The molecule has 0 saturated carbocycles. The molecule has 21 heavy (non-hydrogen) atoms. The van der Waals surface area contributed by atoms with Crippen LogP contribution in [0.4, 0.5) is 0 Å². The van der Waals surface area contributed by atoms with E-state index >= 15 is 0 Å². The zero-order chi connectivity index (χ0) is 15.1. The van der Waals surface area contributed by atoms with E-state index in [1.165, 1.54) is 12.8 Å². The van der Waals surface area contributed by atoms with Crippen molar-refractivity contribution in [2.45, 2.75) is 37.8 Å². The highest BCUT2D eigenvalue weighted by molar-refractivity contribution is 7.98. The summed E-state index contributed by atoms with van der Waals surface area (Å²) in [6.45, 7) is 5.57. The number of ether oxygens (including phenoxy) is 1. The molecule has 0 spiro atoms. The third-order valence-electron chi connectivity index (χ3n) is 4.34. The molecule has 2 aliphatic rings. The zero-order valence-electron chi connectivity index (χ0n) is 13.1. The lowest BCUT2D eigenvalue weighted by atomic mass is 10.2. The van der Waals surface area contributed by atoms with Crippen LogP contribution in [0.2, 0.25) is 0 Å². The molecule has 0 bridgehead atoms. The molecule has 2 aliphatic heterocycles. The highest BCUT2D eigenvalue weighted by Crippen LogP contribution is 2.15. The molecule has 2 saturated heterocycles. The second-order valence-electron chi connectivity index (χ2n) is 6.00. The Bertz CT molecular complexity index is 324. The van der Waals surface area contributed by atoms with Gasteiger partial charge in [-0.15, -0.1) is 0 Å². The monoisotopic (exact) mass is 315 g/mol. The van der Waals surface area contributed by atoms with E-state index in [0.717, 1.165) is 57.9 Å². The van der Waals surface area contributed by atoms with Crippen LogP contribution in [0, 0.1) is 0 Å². The van der Waals surface area contributed by atoms with Gasteiger partial charge < -0.3 is 15.4 Å². The molecule has 2 atom stereocenters. The predicted octanol–water partition coefficient (Wildman–Crippen LogP) is 0.780. The Hall–Kier alpha value is -0.300. The maximum Gasteiger partial charge on any atom is 0.239 e. The Morgan fingerprint density at radius 3 is 2.90 bits per heavy atom. The van der Waals surface area contributed by atoms with Crippen LogP contribution in [0.25, 0.3) is 0 Å².